The summed E-state index contributed by atoms with van der Waals surface area (Å²) in [6.07, 6.45) is 3.17. The highest BCUT2D eigenvalue weighted by atomic mass is 16.2. The van der Waals surface area contributed by atoms with Gasteiger partial charge in [0.25, 0.3) is 5.91 Å². The van der Waals surface area contributed by atoms with Crippen molar-refractivity contribution in [2.24, 2.45) is 0 Å². The lowest BCUT2D eigenvalue weighted by molar-refractivity contribution is 0.0496. The molecule has 0 unspecified atom stereocenters. The summed E-state index contributed by atoms with van der Waals surface area (Å²) in [4.78, 5) is 26.3. The summed E-state index contributed by atoms with van der Waals surface area (Å²) in [7, 11) is 0. The molecule has 1 saturated heterocycles. The highest BCUT2D eigenvalue weighted by Crippen LogP contribution is 2.42. The van der Waals surface area contributed by atoms with Crippen LogP contribution in [-0.2, 0) is 12.0 Å². The zero-order valence-electron chi connectivity index (χ0n) is 23.1. The summed E-state index contributed by atoms with van der Waals surface area (Å²) < 4.78 is 0. The summed E-state index contributed by atoms with van der Waals surface area (Å²) in [5.74, 6) is 1.07. The predicted octanol–water partition coefficient (Wildman–Crippen LogP) is 6.66. The fourth-order valence-corrected chi connectivity index (χ4v) is 6.17. The molecule has 5 aromatic rings. The lowest BCUT2D eigenvalue weighted by Gasteiger charge is -2.49. The number of nitrogens with zero attached hydrogens (tertiary/aromatic N) is 3. The number of aromatic amines is 1. The Kier molecular flexibility index (Phi) is 7.47. The molecule has 5 nitrogen and oxygen atoms in total. The molecule has 1 N–H and O–H groups in total. The molecule has 0 saturated carbocycles. The predicted molar refractivity (Wildman–Crippen MR) is 161 cm³/mol. The Morgan fingerprint density at radius 1 is 0.775 bits per heavy atom. The van der Waals surface area contributed by atoms with Crippen molar-refractivity contribution < 1.29 is 4.79 Å². The molecule has 1 aliphatic heterocycles. The number of H-pyrrole nitrogens is 1. The fraction of sp³-hybridized carbons (Fsp3) is 0.257. The molecule has 0 spiro atoms. The van der Waals surface area contributed by atoms with Gasteiger partial charge in [0.1, 0.15) is 5.82 Å². The van der Waals surface area contributed by atoms with Gasteiger partial charge in [-0.1, -0.05) is 104 Å². The Balaban J connectivity index is 1.30. The van der Waals surface area contributed by atoms with Crippen LogP contribution in [0.4, 0.5) is 0 Å². The van der Waals surface area contributed by atoms with Gasteiger partial charge in [-0.25, -0.2) is 4.98 Å². The minimum absolute atomic E-state index is 0.0796. The number of hydrogen-bond donors (Lipinski definition) is 1. The molecule has 0 radical (unpaired) electrons. The molecular weight excluding hydrogens is 492 g/mol. The van der Waals surface area contributed by atoms with Gasteiger partial charge in [0, 0.05) is 38.2 Å². The number of hydrogen-bond acceptors (Lipinski definition) is 3. The number of rotatable bonds is 8. The summed E-state index contributed by atoms with van der Waals surface area (Å²) in [5.41, 5.74) is 5.81. The summed E-state index contributed by atoms with van der Waals surface area (Å²) in [5, 5.41) is 0. The molecule has 0 aliphatic carbocycles. The van der Waals surface area contributed by atoms with E-state index < -0.39 is 5.54 Å². The standard InChI is InChI=1S/C35H36N4O/c1-2-3-19-33-36-31-21-20-27(26-32(31)37-33)34(40)38-22-24-39(25-23-38)35(28-13-7-4-8-14-28,29-15-9-5-10-16-29)30-17-11-6-12-18-30/h4-18,20-21,26H,2-3,19,22-25H2,1H3,(H,36,37). The highest BCUT2D eigenvalue weighted by Gasteiger charge is 2.43. The Hall–Kier alpha value is -4.22. The zero-order valence-corrected chi connectivity index (χ0v) is 23.1. The topological polar surface area (TPSA) is 52.2 Å². The average molecular weight is 529 g/mol. The summed E-state index contributed by atoms with van der Waals surface area (Å²) in [6.45, 7) is 5.03. The van der Waals surface area contributed by atoms with Crippen LogP contribution in [-0.4, -0.2) is 51.9 Å². The number of fused-ring (bicyclic) bond motifs is 1. The molecule has 1 fully saturated rings. The smallest absolute Gasteiger partial charge is 0.254 e. The molecule has 0 bridgehead atoms. The molecule has 2 heterocycles. The number of aromatic nitrogens is 2. The second-order valence-electron chi connectivity index (χ2n) is 10.6. The van der Waals surface area contributed by atoms with Crippen LogP contribution in [0.25, 0.3) is 11.0 Å². The van der Waals surface area contributed by atoms with E-state index in [0.29, 0.717) is 18.7 Å². The SMILES string of the molecule is CCCCc1nc2ccc(C(=O)N3CCN(C(c4ccccc4)(c4ccccc4)c4ccccc4)CC3)cc2[nH]1. The van der Waals surface area contributed by atoms with Gasteiger partial charge in [-0.3, -0.25) is 9.69 Å². The van der Waals surface area contributed by atoms with E-state index in [4.69, 9.17) is 4.98 Å². The lowest BCUT2D eigenvalue weighted by atomic mass is 9.75. The van der Waals surface area contributed by atoms with Crippen molar-refractivity contribution in [1.82, 2.24) is 19.8 Å². The summed E-state index contributed by atoms with van der Waals surface area (Å²) >= 11 is 0. The van der Waals surface area contributed by atoms with Crippen molar-refractivity contribution in [3.63, 3.8) is 0 Å². The third-order valence-electron chi connectivity index (χ3n) is 8.16. The summed E-state index contributed by atoms with van der Waals surface area (Å²) in [6, 6.07) is 38.2. The van der Waals surface area contributed by atoms with Crippen molar-refractivity contribution in [3.05, 3.63) is 137 Å². The van der Waals surface area contributed by atoms with Crippen molar-refractivity contribution in [1.29, 1.82) is 0 Å². The maximum atomic E-state index is 13.7. The Bertz CT molecular complexity index is 1460. The molecule has 1 aromatic heterocycles. The fourth-order valence-electron chi connectivity index (χ4n) is 6.17. The molecule has 0 atom stereocenters. The highest BCUT2D eigenvalue weighted by molar-refractivity contribution is 5.97. The van der Waals surface area contributed by atoms with Crippen LogP contribution in [0.15, 0.2) is 109 Å². The zero-order chi connectivity index (χ0) is 27.4. The molecule has 1 amide bonds. The minimum Gasteiger partial charge on any atom is -0.342 e. The van der Waals surface area contributed by atoms with Crippen LogP contribution in [0.5, 0.6) is 0 Å². The number of carbonyl (C=O) groups is 1. The third-order valence-corrected chi connectivity index (χ3v) is 8.16. The molecule has 1 aliphatic rings. The number of unbranched alkanes of at least 4 members (excludes halogenated alkanes) is 1. The molecular formula is C35H36N4O. The van der Waals surface area contributed by atoms with Crippen molar-refractivity contribution in [2.45, 2.75) is 31.7 Å². The number of nitrogens with one attached hydrogen (secondary N) is 1. The van der Waals surface area contributed by atoms with Crippen molar-refractivity contribution in [3.8, 4) is 0 Å². The Labute approximate surface area is 236 Å². The first-order valence-electron chi connectivity index (χ1n) is 14.4. The van der Waals surface area contributed by atoms with Gasteiger partial charge in [-0.2, -0.15) is 0 Å². The molecule has 4 aromatic carbocycles. The molecule has 40 heavy (non-hydrogen) atoms. The lowest BCUT2D eigenvalue weighted by Crippen LogP contribution is -2.57. The Morgan fingerprint density at radius 2 is 1.32 bits per heavy atom. The van der Waals surface area contributed by atoms with E-state index >= 15 is 0 Å². The van der Waals surface area contributed by atoms with Gasteiger partial charge >= 0.3 is 0 Å². The van der Waals surface area contributed by atoms with Crippen LogP contribution in [0.2, 0.25) is 0 Å². The van der Waals surface area contributed by atoms with Crippen LogP contribution in [0.3, 0.4) is 0 Å². The maximum Gasteiger partial charge on any atom is 0.254 e. The van der Waals surface area contributed by atoms with Gasteiger partial charge < -0.3 is 9.88 Å². The van der Waals surface area contributed by atoms with Crippen LogP contribution < -0.4 is 0 Å². The maximum absolute atomic E-state index is 13.7. The van der Waals surface area contributed by atoms with Gasteiger partial charge in [0.2, 0.25) is 0 Å². The van der Waals surface area contributed by atoms with E-state index in [-0.39, 0.29) is 5.91 Å². The van der Waals surface area contributed by atoms with Gasteiger partial charge in [-0.15, -0.1) is 0 Å². The Morgan fingerprint density at radius 3 is 1.85 bits per heavy atom. The van der Waals surface area contributed by atoms with Crippen molar-refractivity contribution in [2.75, 3.05) is 26.2 Å². The third kappa shape index (κ3) is 4.82. The van der Waals surface area contributed by atoms with E-state index in [2.05, 4.69) is 108 Å². The number of imidazole rings is 1. The number of aryl methyl sites for hydroxylation is 1. The normalized spacial score (nSPS) is 14.5. The van der Waals surface area contributed by atoms with Crippen molar-refractivity contribution >= 4 is 16.9 Å². The quantitative estimate of drug-likeness (QED) is 0.229. The van der Waals surface area contributed by atoms with Crippen LogP contribution in [0.1, 0.15) is 52.6 Å². The first kappa shape index (κ1) is 26.0. The van der Waals surface area contributed by atoms with Gasteiger partial charge in [0.15, 0.2) is 0 Å². The number of piperazine rings is 1. The molecule has 5 heteroatoms. The largest absolute Gasteiger partial charge is 0.342 e. The monoisotopic (exact) mass is 528 g/mol. The first-order chi connectivity index (χ1) is 19.7. The van der Waals surface area contributed by atoms with E-state index in [9.17, 15) is 4.79 Å². The minimum atomic E-state index is -0.456. The van der Waals surface area contributed by atoms with Gasteiger partial charge in [0.05, 0.1) is 16.6 Å². The second kappa shape index (κ2) is 11.5. The molecule has 6 rings (SSSR count). The van der Waals surface area contributed by atoms with E-state index in [1.807, 2.05) is 23.1 Å². The average Bonchev–Trinajstić information content (AvgIpc) is 3.44. The van der Waals surface area contributed by atoms with Gasteiger partial charge in [-0.05, 0) is 41.3 Å². The molecule has 202 valence electrons. The number of amides is 1. The number of carbonyl (C=O) groups excluding carboxylic acids is 1. The van der Waals surface area contributed by atoms with Crippen LogP contribution in [0, 0.1) is 0 Å². The van der Waals surface area contributed by atoms with E-state index in [0.717, 1.165) is 49.2 Å². The second-order valence-corrected chi connectivity index (χ2v) is 10.6. The van der Waals surface area contributed by atoms with E-state index in [1.54, 1.807) is 0 Å². The van der Waals surface area contributed by atoms with Crippen LogP contribution >= 0.6 is 0 Å². The van der Waals surface area contributed by atoms with E-state index in [1.165, 1.54) is 16.7 Å². The number of benzene rings is 4. The first-order valence-corrected chi connectivity index (χ1v) is 14.4.